The Labute approximate surface area is 76.1 Å². The van der Waals surface area contributed by atoms with Crippen LogP contribution in [-0.2, 0) is 4.79 Å². The summed E-state index contributed by atoms with van der Waals surface area (Å²) in [6.07, 6.45) is 7.40. The SMILES string of the molecule is CCCCCCC(C=O)[Se]C. The van der Waals surface area contributed by atoms with E-state index in [4.69, 9.17) is 0 Å². The van der Waals surface area contributed by atoms with Gasteiger partial charge in [-0.1, -0.05) is 0 Å². The van der Waals surface area contributed by atoms with E-state index < -0.39 is 0 Å². The predicted octanol–water partition coefficient (Wildman–Crippen LogP) is 2.70. The first-order chi connectivity index (χ1) is 5.35. The first-order valence-electron chi connectivity index (χ1n) is 4.33. The van der Waals surface area contributed by atoms with Gasteiger partial charge in [0.1, 0.15) is 0 Å². The molecule has 0 radical (unpaired) electrons. The van der Waals surface area contributed by atoms with Crippen molar-refractivity contribution < 1.29 is 4.79 Å². The molecule has 66 valence electrons. The van der Waals surface area contributed by atoms with Crippen molar-refractivity contribution in [3.05, 3.63) is 0 Å². The van der Waals surface area contributed by atoms with Crippen molar-refractivity contribution in [2.24, 2.45) is 0 Å². The first-order valence-corrected chi connectivity index (χ1v) is 7.03. The van der Waals surface area contributed by atoms with Gasteiger partial charge >= 0.3 is 75.7 Å². The van der Waals surface area contributed by atoms with Crippen LogP contribution in [0.3, 0.4) is 0 Å². The summed E-state index contributed by atoms with van der Waals surface area (Å²) in [4.78, 5) is 10.8. The van der Waals surface area contributed by atoms with Gasteiger partial charge < -0.3 is 0 Å². The average Bonchev–Trinajstić information content (AvgIpc) is 2.05. The molecule has 0 aromatic heterocycles. The molecule has 2 heteroatoms. The molecular formula is C9H18OSe. The monoisotopic (exact) mass is 222 g/mol. The van der Waals surface area contributed by atoms with E-state index in [1.54, 1.807) is 0 Å². The van der Waals surface area contributed by atoms with E-state index in [0.29, 0.717) is 19.8 Å². The van der Waals surface area contributed by atoms with Crippen LogP contribution in [0.2, 0.25) is 10.6 Å². The van der Waals surface area contributed by atoms with Crippen molar-refractivity contribution in [3.63, 3.8) is 0 Å². The van der Waals surface area contributed by atoms with E-state index in [1.165, 1.54) is 25.7 Å². The number of unbranched alkanes of at least 4 members (excludes halogenated alkanes) is 3. The van der Waals surface area contributed by atoms with Crippen LogP contribution in [0.5, 0.6) is 0 Å². The number of aldehydes is 1. The molecule has 0 bridgehead atoms. The van der Waals surface area contributed by atoms with Crippen LogP contribution in [-0.4, -0.2) is 21.2 Å². The Bertz CT molecular complexity index is 93.6. The Hall–Kier alpha value is 0.189. The Balaban J connectivity index is 3.14. The molecule has 0 rings (SSSR count). The maximum absolute atomic E-state index is 10.4. The molecular weight excluding hydrogens is 203 g/mol. The van der Waals surface area contributed by atoms with Crippen LogP contribution in [0.4, 0.5) is 0 Å². The normalized spacial score (nSPS) is 12.9. The molecule has 1 atom stereocenters. The molecule has 1 unspecified atom stereocenters. The number of carbonyl (C=O) groups is 1. The second-order valence-corrected chi connectivity index (χ2v) is 5.02. The molecule has 0 aromatic rings. The second-order valence-electron chi connectivity index (χ2n) is 2.76. The molecule has 0 spiro atoms. The van der Waals surface area contributed by atoms with Gasteiger partial charge in [0.2, 0.25) is 0 Å². The summed E-state index contributed by atoms with van der Waals surface area (Å²) in [5, 5.41) is 0. The summed E-state index contributed by atoms with van der Waals surface area (Å²) in [6, 6.07) is 0. The fraction of sp³-hybridized carbons (Fsp3) is 0.889. The quantitative estimate of drug-likeness (QED) is 0.367. The van der Waals surface area contributed by atoms with E-state index >= 15 is 0 Å². The van der Waals surface area contributed by atoms with E-state index in [9.17, 15) is 4.79 Å². The van der Waals surface area contributed by atoms with Crippen molar-refractivity contribution in [2.75, 3.05) is 0 Å². The van der Waals surface area contributed by atoms with Crippen molar-refractivity contribution in [2.45, 2.75) is 49.7 Å². The maximum atomic E-state index is 10.4. The van der Waals surface area contributed by atoms with Crippen molar-refractivity contribution >= 4 is 21.2 Å². The predicted molar refractivity (Wildman–Crippen MR) is 50.2 cm³/mol. The molecule has 0 N–H and O–H groups in total. The molecule has 0 fully saturated rings. The fourth-order valence-electron chi connectivity index (χ4n) is 1.01. The number of hydrogen-bond acceptors (Lipinski definition) is 1. The molecule has 0 aliphatic carbocycles. The molecule has 11 heavy (non-hydrogen) atoms. The van der Waals surface area contributed by atoms with Gasteiger partial charge in [0.25, 0.3) is 0 Å². The number of carbonyl (C=O) groups excluding carboxylic acids is 1. The molecule has 1 nitrogen and oxygen atoms in total. The van der Waals surface area contributed by atoms with E-state index in [0.717, 1.165) is 12.7 Å². The average molecular weight is 221 g/mol. The van der Waals surface area contributed by atoms with Crippen LogP contribution in [0.15, 0.2) is 0 Å². The van der Waals surface area contributed by atoms with Crippen LogP contribution in [0.25, 0.3) is 0 Å². The summed E-state index contributed by atoms with van der Waals surface area (Å²) in [5.41, 5.74) is 0. The van der Waals surface area contributed by atoms with Crippen LogP contribution < -0.4 is 0 Å². The van der Waals surface area contributed by atoms with Gasteiger partial charge in [0.15, 0.2) is 0 Å². The summed E-state index contributed by atoms with van der Waals surface area (Å²) in [5.74, 6) is 2.14. The van der Waals surface area contributed by atoms with Gasteiger partial charge in [-0.2, -0.15) is 0 Å². The molecule has 0 aliphatic heterocycles. The Morgan fingerprint density at radius 1 is 1.36 bits per heavy atom. The van der Waals surface area contributed by atoms with E-state index in [-0.39, 0.29) is 0 Å². The fourth-order valence-corrected chi connectivity index (χ4v) is 2.09. The molecule has 0 saturated heterocycles. The topological polar surface area (TPSA) is 17.1 Å². The third-order valence-electron chi connectivity index (χ3n) is 1.80. The van der Waals surface area contributed by atoms with Gasteiger partial charge in [-0.15, -0.1) is 0 Å². The summed E-state index contributed by atoms with van der Waals surface area (Å²) >= 11 is 0.522. The number of hydrogen-bond donors (Lipinski definition) is 0. The Morgan fingerprint density at radius 2 is 2.09 bits per heavy atom. The Morgan fingerprint density at radius 3 is 2.55 bits per heavy atom. The van der Waals surface area contributed by atoms with E-state index in [1.807, 2.05) is 0 Å². The zero-order valence-electron chi connectivity index (χ0n) is 7.51. The van der Waals surface area contributed by atoms with Crippen molar-refractivity contribution in [1.82, 2.24) is 0 Å². The molecule has 0 saturated carbocycles. The van der Waals surface area contributed by atoms with Crippen LogP contribution in [0.1, 0.15) is 39.0 Å². The summed E-state index contributed by atoms with van der Waals surface area (Å²) < 4.78 is 0. The van der Waals surface area contributed by atoms with Crippen LogP contribution in [0, 0.1) is 0 Å². The van der Waals surface area contributed by atoms with Crippen molar-refractivity contribution in [1.29, 1.82) is 0 Å². The standard InChI is InChI=1S/C9H18OSe/c1-3-4-5-6-7-9(8-10)11-2/h8-9H,3-7H2,1-2H3. The summed E-state index contributed by atoms with van der Waals surface area (Å²) in [6.45, 7) is 2.21. The number of rotatable bonds is 7. The van der Waals surface area contributed by atoms with Crippen molar-refractivity contribution in [3.8, 4) is 0 Å². The van der Waals surface area contributed by atoms with E-state index in [2.05, 4.69) is 12.7 Å². The zero-order chi connectivity index (χ0) is 8.53. The molecule has 0 aliphatic rings. The third-order valence-corrected chi connectivity index (χ3v) is 3.79. The minimum atomic E-state index is 0.388. The molecule has 0 amide bonds. The molecule has 0 aromatic carbocycles. The second kappa shape index (κ2) is 8.29. The Kier molecular flexibility index (Phi) is 8.43. The van der Waals surface area contributed by atoms with Gasteiger partial charge in [0.05, 0.1) is 0 Å². The summed E-state index contributed by atoms with van der Waals surface area (Å²) in [7, 11) is 0. The van der Waals surface area contributed by atoms with Gasteiger partial charge in [0, 0.05) is 0 Å². The minimum absolute atomic E-state index is 0.388. The van der Waals surface area contributed by atoms with Gasteiger partial charge in [-0.05, 0) is 0 Å². The van der Waals surface area contributed by atoms with Gasteiger partial charge in [-0.25, -0.2) is 0 Å². The first kappa shape index (κ1) is 11.2. The third kappa shape index (κ3) is 6.58. The van der Waals surface area contributed by atoms with Gasteiger partial charge in [-0.3, -0.25) is 0 Å². The molecule has 0 heterocycles. The zero-order valence-corrected chi connectivity index (χ0v) is 9.22. The van der Waals surface area contributed by atoms with Crippen LogP contribution >= 0.6 is 0 Å².